The molecule has 42 heavy (non-hydrogen) atoms. The molecule has 8 atom stereocenters. The molecule has 0 saturated carbocycles. The number of azide groups is 2. The average Bonchev–Trinajstić information content (AvgIpc) is 3.36. The molecule has 2 aromatic rings. The van der Waals surface area contributed by atoms with Crippen molar-refractivity contribution in [1.82, 2.24) is 19.1 Å². The van der Waals surface area contributed by atoms with E-state index in [1.165, 1.54) is 24.5 Å². The highest BCUT2D eigenvalue weighted by Gasteiger charge is 2.56. The number of hydrogen-bond acceptors (Lipinski definition) is 14. The molecule has 0 aliphatic carbocycles. The SMILES string of the molecule is Cc1ccn([C@@H]2O[C@@](CO)(N=[N+]=[N-])[C@@H](O)[C@H]2O)c(=O)n1.Cc1ccn([C@@H]2O[C@@](CO)(N=[N+]=[N-])[C@@H](O)[C@H]2O)c(=O)n1.II. The quantitative estimate of drug-likeness (QED) is 0.0919. The molecule has 230 valence electrons. The van der Waals surface area contributed by atoms with Crippen molar-refractivity contribution >= 4 is 37.2 Å². The molecule has 4 rings (SSSR count). The highest BCUT2D eigenvalue weighted by molar-refractivity contribution is 15.0. The summed E-state index contributed by atoms with van der Waals surface area (Å²) >= 11 is 4.24. The number of aliphatic hydroxyl groups is 6. The lowest BCUT2D eigenvalue weighted by atomic mass is 10.1. The summed E-state index contributed by atoms with van der Waals surface area (Å²) in [7, 11) is 0. The maximum Gasteiger partial charge on any atom is 0.349 e. The molecule has 2 fully saturated rings. The largest absolute Gasteiger partial charge is 0.393 e. The molecule has 20 nitrogen and oxygen atoms in total. The molecule has 0 aromatic carbocycles. The van der Waals surface area contributed by atoms with E-state index < -0.39 is 72.9 Å². The van der Waals surface area contributed by atoms with Crippen LogP contribution < -0.4 is 11.4 Å². The van der Waals surface area contributed by atoms with Gasteiger partial charge in [-0.05, 0) is 37.0 Å². The van der Waals surface area contributed by atoms with Gasteiger partial charge in [-0.15, -0.1) is 0 Å². The molecule has 2 aromatic heterocycles. The zero-order valence-corrected chi connectivity index (χ0v) is 26.0. The number of ether oxygens (including phenoxy) is 2. The Hall–Kier alpha value is -2.48. The van der Waals surface area contributed by atoms with Crippen molar-refractivity contribution < 1.29 is 40.1 Å². The molecule has 0 unspecified atom stereocenters. The number of aromatic nitrogens is 4. The van der Waals surface area contributed by atoms with Crippen molar-refractivity contribution in [1.29, 1.82) is 0 Å². The highest BCUT2D eigenvalue weighted by atomic mass is 128. The summed E-state index contributed by atoms with van der Waals surface area (Å²) in [5, 5.41) is 64.5. The monoisotopic (exact) mass is 820 g/mol. The van der Waals surface area contributed by atoms with Crippen molar-refractivity contribution in [3.05, 3.63) is 77.8 Å². The molecule has 6 N–H and O–H groups in total. The van der Waals surface area contributed by atoms with Gasteiger partial charge in [0.15, 0.2) is 12.5 Å². The lowest BCUT2D eigenvalue weighted by Gasteiger charge is -2.23. The Labute approximate surface area is 258 Å². The van der Waals surface area contributed by atoms with E-state index in [1.807, 2.05) is 0 Å². The lowest BCUT2D eigenvalue weighted by molar-refractivity contribution is -0.125. The predicted octanol–water partition coefficient (Wildman–Crippen LogP) is -0.626. The van der Waals surface area contributed by atoms with Gasteiger partial charge in [-0.25, -0.2) is 9.59 Å². The van der Waals surface area contributed by atoms with E-state index in [0.717, 1.165) is 9.13 Å². The fourth-order valence-corrected chi connectivity index (χ4v) is 4.01. The zero-order valence-electron chi connectivity index (χ0n) is 21.7. The lowest BCUT2D eigenvalue weighted by Crippen LogP contribution is -2.44. The Kier molecular flexibility index (Phi) is 13.0. The van der Waals surface area contributed by atoms with Gasteiger partial charge in [-0.1, -0.05) is 10.2 Å². The Morgan fingerprint density at radius 1 is 0.833 bits per heavy atom. The number of hydrogen-bond donors (Lipinski definition) is 6. The van der Waals surface area contributed by atoms with Gasteiger partial charge in [0.2, 0.25) is 11.4 Å². The van der Waals surface area contributed by atoms with Crippen molar-refractivity contribution in [2.45, 2.75) is 62.2 Å². The topological polar surface area (TPSA) is 307 Å². The molecule has 2 aliphatic heterocycles. The summed E-state index contributed by atoms with van der Waals surface area (Å²) in [6, 6.07) is 3.02. The summed E-state index contributed by atoms with van der Waals surface area (Å²) in [6.07, 6.45) is -6.46. The summed E-state index contributed by atoms with van der Waals surface area (Å²) in [4.78, 5) is 35.8. The minimum Gasteiger partial charge on any atom is -0.393 e. The second-order valence-electron chi connectivity index (χ2n) is 8.79. The third kappa shape index (κ3) is 7.17. The fraction of sp³-hybridized carbons (Fsp3) is 0.600. The molecule has 2 aliphatic rings. The van der Waals surface area contributed by atoms with E-state index in [2.05, 4.69) is 67.3 Å². The van der Waals surface area contributed by atoms with E-state index >= 15 is 0 Å². The average molecular weight is 820 g/mol. The van der Waals surface area contributed by atoms with Gasteiger partial charge in [0, 0.05) is 70.8 Å². The maximum atomic E-state index is 11.7. The van der Waals surface area contributed by atoms with Crippen molar-refractivity contribution in [3.63, 3.8) is 0 Å². The van der Waals surface area contributed by atoms with Crippen LogP contribution in [0.1, 0.15) is 23.8 Å². The van der Waals surface area contributed by atoms with E-state index in [9.17, 15) is 40.2 Å². The second-order valence-corrected chi connectivity index (χ2v) is 8.79. The van der Waals surface area contributed by atoms with Crippen molar-refractivity contribution in [2.75, 3.05) is 13.2 Å². The van der Waals surface area contributed by atoms with Crippen LogP contribution in [0.15, 0.2) is 44.3 Å². The summed E-state index contributed by atoms with van der Waals surface area (Å²) in [5.74, 6) is 0. The number of rotatable bonds is 6. The first-order valence-electron chi connectivity index (χ1n) is 11.6. The molecule has 0 amide bonds. The number of nitrogens with zero attached hydrogens (tertiary/aromatic N) is 10. The smallest absolute Gasteiger partial charge is 0.349 e. The van der Waals surface area contributed by atoms with Crippen LogP contribution in [0.25, 0.3) is 20.9 Å². The minimum absolute atomic E-state index is 0.475. The third-order valence-corrected chi connectivity index (χ3v) is 6.17. The first kappa shape index (κ1) is 35.7. The Bertz CT molecular complexity index is 1340. The molecular weight excluding hydrogens is 794 g/mol. The van der Waals surface area contributed by atoms with Gasteiger partial charge < -0.3 is 40.1 Å². The molecule has 4 heterocycles. The molecule has 2 saturated heterocycles. The highest BCUT2D eigenvalue weighted by Crippen LogP contribution is 2.38. The van der Waals surface area contributed by atoms with Gasteiger partial charge in [-0.3, -0.25) is 9.13 Å². The van der Waals surface area contributed by atoms with Crippen LogP contribution in [-0.2, 0) is 9.47 Å². The Balaban J connectivity index is 0.000000277. The Morgan fingerprint density at radius 3 is 1.43 bits per heavy atom. The maximum absolute atomic E-state index is 11.7. The van der Waals surface area contributed by atoms with Crippen molar-refractivity contribution in [2.24, 2.45) is 10.2 Å². The molecule has 0 radical (unpaired) electrons. The van der Waals surface area contributed by atoms with E-state index in [0.29, 0.717) is 11.4 Å². The standard InChI is InChI=1S/2C10H13N5O5.I2/c2*1-5-2-3-15(9(19)12-5)8-6(17)7(18)10(4-16,20-8)13-14-11;1-2/h2*2-3,6-8,16-18H,4H2,1H3;/t2*6-,7+,8-,10-;/m11./s1. The van der Waals surface area contributed by atoms with Crippen LogP contribution in [0, 0.1) is 13.8 Å². The van der Waals surface area contributed by atoms with Crippen LogP contribution in [0.4, 0.5) is 0 Å². The third-order valence-electron chi connectivity index (χ3n) is 6.17. The van der Waals surface area contributed by atoms with Crippen LogP contribution in [0.5, 0.6) is 0 Å². The summed E-state index contributed by atoms with van der Waals surface area (Å²) < 4.78 is 12.3. The minimum atomic E-state index is -2.04. The molecular formula is C20H26I2N10O10. The van der Waals surface area contributed by atoms with E-state index in [-0.39, 0.29) is 0 Å². The van der Waals surface area contributed by atoms with Gasteiger partial charge in [0.05, 0.1) is 13.2 Å². The van der Waals surface area contributed by atoms with Crippen molar-refractivity contribution in [3.8, 4) is 0 Å². The van der Waals surface area contributed by atoms with Gasteiger partial charge in [0.1, 0.15) is 24.4 Å². The number of aliphatic hydroxyl groups excluding tert-OH is 6. The normalized spacial score (nSPS) is 31.5. The van der Waals surface area contributed by atoms with Gasteiger partial charge in [-0.2, -0.15) is 9.97 Å². The molecule has 22 heteroatoms. The predicted molar refractivity (Wildman–Crippen MR) is 157 cm³/mol. The van der Waals surface area contributed by atoms with Crippen LogP contribution in [0.3, 0.4) is 0 Å². The molecule has 0 bridgehead atoms. The first-order valence-corrected chi connectivity index (χ1v) is 17.9. The second kappa shape index (κ2) is 15.3. The van der Waals surface area contributed by atoms with Gasteiger partial charge >= 0.3 is 11.4 Å². The van der Waals surface area contributed by atoms with Gasteiger partial charge in [0.25, 0.3) is 0 Å². The van der Waals surface area contributed by atoms with E-state index in [4.69, 9.17) is 20.5 Å². The van der Waals surface area contributed by atoms with Crippen LogP contribution in [-0.4, -0.2) is 98.8 Å². The zero-order chi connectivity index (χ0) is 31.8. The molecule has 0 spiro atoms. The number of aryl methyl sites for hydroxylation is 2. The summed E-state index contributed by atoms with van der Waals surface area (Å²) in [6.45, 7) is 1.54. The number of halogens is 2. The summed E-state index contributed by atoms with van der Waals surface area (Å²) in [5.41, 5.74) is 12.4. The van der Waals surface area contributed by atoms with Crippen LogP contribution in [0.2, 0.25) is 0 Å². The Morgan fingerprint density at radius 2 is 1.17 bits per heavy atom. The van der Waals surface area contributed by atoms with Crippen LogP contribution >= 0.6 is 37.2 Å². The van der Waals surface area contributed by atoms with E-state index in [1.54, 1.807) is 13.8 Å². The fourth-order valence-electron chi connectivity index (χ4n) is 4.01. The first-order chi connectivity index (χ1) is 19.9.